The van der Waals surface area contributed by atoms with E-state index in [0.717, 1.165) is 19.3 Å². The van der Waals surface area contributed by atoms with Crippen molar-refractivity contribution in [2.24, 2.45) is 11.8 Å². The van der Waals surface area contributed by atoms with Gasteiger partial charge in [-0.05, 0) is 37.2 Å². The van der Waals surface area contributed by atoms with Crippen LogP contribution in [0.3, 0.4) is 0 Å². The first-order chi connectivity index (χ1) is 8.38. The van der Waals surface area contributed by atoms with E-state index in [1.54, 1.807) is 5.38 Å². The molecule has 0 radical (unpaired) electrons. The number of hydrogen-bond donors (Lipinski definition) is 2. The first kappa shape index (κ1) is 13.8. The van der Waals surface area contributed by atoms with Crippen LogP contribution in [0.4, 0.5) is 5.69 Å². The van der Waals surface area contributed by atoms with Crippen molar-refractivity contribution in [3.63, 3.8) is 0 Å². The lowest BCUT2D eigenvalue weighted by molar-refractivity contribution is 0.242. The molecule has 0 amide bonds. The van der Waals surface area contributed by atoms with Crippen LogP contribution in [-0.2, 0) is 10.0 Å². The Balaban J connectivity index is 2.05. The molecular formula is C12H20N2O2S2. The van der Waals surface area contributed by atoms with Gasteiger partial charge in [-0.1, -0.05) is 13.8 Å². The van der Waals surface area contributed by atoms with E-state index in [0.29, 0.717) is 21.7 Å². The van der Waals surface area contributed by atoms with Gasteiger partial charge in [-0.15, -0.1) is 11.3 Å². The van der Waals surface area contributed by atoms with E-state index in [2.05, 4.69) is 18.6 Å². The normalized spacial score (nSPS) is 29.3. The molecule has 3 atom stereocenters. The molecule has 4 nitrogen and oxygen atoms in total. The van der Waals surface area contributed by atoms with Crippen molar-refractivity contribution in [2.75, 3.05) is 5.73 Å². The molecule has 0 aromatic carbocycles. The highest BCUT2D eigenvalue weighted by Crippen LogP contribution is 2.30. The number of thiophene rings is 1. The Hall–Kier alpha value is -0.590. The predicted octanol–water partition coefficient (Wildman–Crippen LogP) is 2.43. The molecule has 18 heavy (non-hydrogen) atoms. The zero-order chi connectivity index (χ0) is 13.3. The van der Waals surface area contributed by atoms with Crippen LogP contribution in [0, 0.1) is 11.8 Å². The Bertz CT molecular complexity index is 510. The molecule has 1 heterocycles. The van der Waals surface area contributed by atoms with Crippen molar-refractivity contribution >= 4 is 27.0 Å². The lowest BCUT2D eigenvalue weighted by atomic mass is 9.79. The van der Waals surface area contributed by atoms with Gasteiger partial charge in [0.05, 0.1) is 0 Å². The standard InChI is InChI=1S/C12H20N2O2S2/c1-8-3-4-11(5-9(8)2)14-18(15,16)12-6-10(13)7-17-12/h6-9,11,14H,3-5,13H2,1-2H3. The predicted molar refractivity (Wildman–Crippen MR) is 75.0 cm³/mol. The minimum absolute atomic E-state index is 0.0597. The number of hydrogen-bond acceptors (Lipinski definition) is 4. The van der Waals surface area contributed by atoms with Gasteiger partial charge < -0.3 is 5.73 Å². The average Bonchev–Trinajstić information content (AvgIpc) is 2.71. The van der Waals surface area contributed by atoms with Crippen molar-refractivity contribution < 1.29 is 8.42 Å². The summed E-state index contributed by atoms with van der Waals surface area (Å²) in [6.45, 7) is 4.42. The van der Waals surface area contributed by atoms with Crippen LogP contribution in [0.2, 0.25) is 0 Å². The molecule has 102 valence electrons. The van der Waals surface area contributed by atoms with Gasteiger partial charge in [0.15, 0.2) is 0 Å². The fourth-order valence-electron chi connectivity index (χ4n) is 2.40. The van der Waals surface area contributed by atoms with Crippen LogP contribution >= 0.6 is 11.3 Å². The monoisotopic (exact) mass is 288 g/mol. The Morgan fingerprint density at radius 3 is 2.61 bits per heavy atom. The topological polar surface area (TPSA) is 72.2 Å². The Kier molecular flexibility index (Phi) is 3.99. The largest absolute Gasteiger partial charge is 0.398 e. The first-order valence-electron chi connectivity index (χ1n) is 6.25. The summed E-state index contributed by atoms with van der Waals surface area (Å²) in [6.07, 6.45) is 2.92. The second kappa shape index (κ2) is 5.19. The van der Waals surface area contributed by atoms with Crippen LogP contribution in [0.15, 0.2) is 15.7 Å². The quantitative estimate of drug-likeness (QED) is 0.897. The summed E-state index contributed by atoms with van der Waals surface area (Å²) in [7, 11) is -3.39. The number of anilines is 1. The second-order valence-electron chi connectivity index (χ2n) is 5.28. The van der Waals surface area contributed by atoms with Crippen LogP contribution in [0.25, 0.3) is 0 Å². The minimum atomic E-state index is -3.39. The molecule has 1 aromatic rings. The zero-order valence-corrected chi connectivity index (χ0v) is 12.4. The smallest absolute Gasteiger partial charge is 0.250 e. The third kappa shape index (κ3) is 3.05. The molecule has 0 saturated heterocycles. The van der Waals surface area contributed by atoms with E-state index in [1.165, 1.54) is 17.4 Å². The molecule has 3 N–H and O–H groups in total. The van der Waals surface area contributed by atoms with Crippen LogP contribution in [0.5, 0.6) is 0 Å². The molecule has 1 fully saturated rings. The molecule has 1 aliphatic carbocycles. The van der Waals surface area contributed by atoms with Gasteiger partial charge in [-0.25, -0.2) is 13.1 Å². The average molecular weight is 288 g/mol. The third-order valence-corrected chi connectivity index (χ3v) is 6.76. The summed E-state index contributed by atoms with van der Waals surface area (Å²) in [5.41, 5.74) is 6.07. The molecule has 1 saturated carbocycles. The maximum absolute atomic E-state index is 12.1. The van der Waals surface area contributed by atoms with Gasteiger partial charge >= 0.3 is 0 Å². The Morgan fingerprint density at radius 1 is 1.33 bits per heavy atom. The first-order valence-corrected chi connectivity index (χ1v) is 8.61. The lowest BCUT2D eigenvalue weighted by Crippen LogP contribution is -2.39. The highest BCUT2D eigenvalue weighted by molar-refractivity contribution is 7.91. The van der Waals surface area contributed by atoms with E-state index in [9.17, 15) is 8.42 Å². The summed E-state index contributed by atoms with van der Waals surface area (Å²) >= 11 is 1.17. The van der Waals surface area contributed by atoms with Crippen molar-refractivity contribution in [2.45, 2.75) is 43.4 Å². The van der Waals surface area contributed by atoms with Gasteiger partial charge in [0.2, 0.25) is 10.0 Å². The van der Waals surface area contributed by atoms with Gasteiger partial charge in [-0.2, -0.15) is 0 Å². The number of nitrogens with one attached hydrogen (secondary N) is 1. The molecule has 3 unspecified atom stereocenters. The molecule has 1 aromatic heterocycles. The summed E-state index contributed by atoms with van der Waals surface area (Å²) in [5.74, 6) is 1.25. The fourth-order valence-corrected chi connectivity index (χ4v) is 4.78. The van der Waals surface area contributed by atoms with Gasteiger partial charge in [0, 0.05) is 17.1 Å². The molecule has 0 bridgehead atoms. The number of nitrogen functional groups attached to an aromatic ring is 1. The van der Waals surface area contributed by atoms with Crippen molar-refractivity contribution in [1.82, 2.24) is 4.72 Å². The molecule has 0 spiro atoms. The Morgan fingerprint density at radius 2 is 2.06 bits per heavy atom. The Labute approximate surface area is 113 Å². The second-order valence-corrected chi connectivity index (χ2v) is 8.14. The van der Waals surface area contributed by atoms with E-state index >= 15 is 0 Å². The molecule has 6 heteroatoms. The third-order valence-electron chi connectivity index (χ3n) is 3.78. The number of nitrogens with two attached hydrogens (primary N) is 1. The number of rotatable bonds is 3. The highest BCUT2D eigenvalue weighted by atomic mass is 32.2. The van der Waals surface area contributed by atoms with Crippen molar-refractivity contribution in [1.29, 1.82) is 0 Å². The minimum Gasteiger partial charge on any atom is -0.398 e. The highest BCUT2D eigenvalue weighted by Gasteiger charge is 2.28. The van der Waals surface area contributed by atoms with E-state index in [-0.39, 0.29) is 6.04 Å². The fraction of sp³-hybridized carbons (Fsp3) is 0.667. The molecule has 2 rings (SSSR count). The van der Waals surface area contributed by atoms with Crippen LogP contribution in [0.1, 0.15) is 33.1 Å². The van der Waals surface area contributed by atoms with Crippen molar-refractivity contribution in [3.05, 3.63) is 11.4 Å². The molecule has 0 aliphatic heterocycles. The summed E-state index contributed by atoms with van der Waals surface area (Å²) < 4.78 is 27.4. The van der Waals surface area contributed by atoms with Gasteiger partial charge in [0.1, 0.15) is 4.21 Å². The van der Waals surface area contributed by atoms with E-state index in [4.69, 9.17) is 5.73 Å². The van der Waals surface area contributed by atoms with Gasteiger partial charge in [-0.3, -0.25) is 0 Å². The number of sulfonamides is 1. The van der Waals surface area contributed by atoms with Crippen molar-refractivity contribution in [3.8, 4) is 0 Å². The molecular weight excluding hydrogens is 268 g/mol. The van der Waals surface area contributed by atoms with E-state index < -0.39 is 10.0 Å². The zero-order valence-electron chi connectivity index (χ0n) is 10.7. The summed E-state index contributed by atoms with van der Waals surface area (Å²) in [4.78, 5) is 0. The van der Waals surface area contributed by atoms with E-state index in [1.807, 2.05) is 0 Å². The molecule has 1 aliphatic rings. The van der Waals surface area contributed by atoms with Gasteiger partial charge in [0.25, 0.3) is 0 Å². The summed E-state index contributed by atoms with van der Waals surface area (Å²) in [6, 6.07) is 1.58. The maximum Gasteiger partial charge on any atom is 0.250 e. The maximum atomic E-state index is 12.1. The summed E-state index contributed by atoms with van der Waals surface area (Å²) in [5, 5.41) is 1.65. The van der Waals surface area contributed by atoms with Crippen LogP contribution in [-0.4, -0.2) is 14.5 Å². The SMILES string of the molecule is CC1CCC(NS(=O)(=O)c2cc(N)cs2)CC1C. The van der Waals surface area contributed by atoms with Crippen LogP contribution < -0.4 is 10.5 Å². The lowest BCUT2D eigenvalue weighted by Gasteiger charge is -2.32.